The third kappa shape index (κ3) is 2.54. The molecule has 7 heteroatoms. The summed E-state index contributed by atoms with van der Waals surface area (Å²) in [5.41, 5.74) is 1.78. The minimum atomic E-state index is -1.04. The molecule has 170 valence electrons. The van der Waals surface area contributed by atoms with Gasteiger partial charge in [0.1, 0.15) is 6.10 Å². The largest absolute Gasteiger partial charge is 0.459 e. The van der Waals surface area contributed by atoms with E-state index in [-0.39, 0.29) is 29.3 Å². The summed E-state index contributed by atoms with van der Waals surface area (Å²) >= 11 is 0. The van der Waals surface area contributed by atoms with Crippen LogP contribution in [0, 0.1) is 5.92 Å². The second-order valence-electron chi connectivity index (χ2n) is 9.75. The molecule has 1 amide bonds. The van der Waals surface area contributed by atoms with Gasteiger partial charge < -0.3 is 14.4 Å². The van der Waals surface area contributed by atoms with Crippen LogP contribution in [0.4, 0.5) is 5.69 Å². The summed E-state index contributed by atoms with van der Waals surface area (Å²) in [6, 6.07) is 8.16. The van der Waals surface area contributed by atoms with Gasteiger partial charge in [-0.1, -0.05) is 24.8 Å². The summed E-state index contributed by atoms with van der Waals surface area (Å²) in [5.74, 6) is -1.08. The fourth-order valence-electron chi connectivity index (χ4n) is 7.32. The van der Waals surface area contributed by atoms with E-state index in [1.54, 1.807) is 13.8 Å². The lowest BCUT2D eigenvalue weighted by molar-refractivity contribution is -0.207. The van der Waals surface area contributed by atoms with Crippen molar-refractivity contribution >= 4 is 23.5 Å². The second kappa shape index (κ2) is 6.91. The summed E-state index contributed by atoms with van der Waals surface area (Å²) in [5, 5.41) is 0. The molecule has 4 aliphatic rings. The van der Waals surface area contributed by atoms with Gasteiger partial charge in [-0.05, 0) is 43.5 Å². The first-order valence-corrected chi connectivity index (χ1v) is 11.3. The van der Waals surface area contributed by atoms with E-state index >= 15 is 0 Å². The molecule has 1 aromatic rings. The Balaban J connectivity index is 1.68. The number of carbonyl (C=O) groups excluding carboxylic acids is 3. The number of piperidine rings is 1. The Morgan fingerprint density at radius 2 is 1.88 bits per heavy atom. The predicted octanol–water partition coefficient (Wildman–Crippen LogP) is 2.58. The number of hydrogen-bond donors (Lipinski definition) is 0. The van der Waals surface area contributed by atoms with Gasteiger partial charge in [-0.25, -0.2) is 0 Å². The van der Waals surface area contributed by atoms with Crippen LogP contribution in [-0.4, -0.2) is 59.6 Å². The van der Waals surface area contributed by atoms with Gasteiger partial charge in [0, 0.05) is 50.4 Å². The molecule has 0 aromatic heterocycles. The average molecular weight is 439 g/mol. The van der Waals surface area contributed by atoms with Crippen LogP contribution in [0.15, 0.2) is 36.4 Å². The number of esters is 2. The Kier molecular flexibility index (Phi) is 4.58. The topological polar surface area (TPSA) is 76.2 Å². The molecule has 3 fully saturated rings. The smallest absolute Gasteiger partial charge is 0.303 e. The average Bonchev–Trinajstić information content (AvgIpc) is 3.24. The standard InChI is InChI=1S/C25H30N2O5/c1-14-20-12-22-24(19-8-6-7-9-21(19)27(16(3)28)23(14)24)10-11-26(22)13-25(20,32-18(5)30)15(2)31-17(4)29/h6-9,15,20,22-23H,1,10-13H2,2-5H3/t15?,20-,22+,23+,24-,25-/m1/s1. The zero-order chi connectivity index (χ0) is 23.0. The van der Waals surface area contributed by atoms with E-state index in [1.807, 2.05) is 23.1 Å². The maximum Gasteiger partial charge on any atom is 0.303 e. The first-order valence-electron chi connectivity index (χ1n) is 11.3. The van der Waals surface area contributed by atoms with Crippen molar-refractivity contribution in [1.29, 1.82) is 0 Å². The van der Waals surface area contributed by atoms with Crippen molar-refractivity contribution < 1.29 is 23.9 Å². The van der Waals surface area contributed by atoms with Crippen LogP contribution in [-0.2, 0) is 29.3 Å². The highest BCUT2D eigenvalue weighted by atomic mass is 16.6. The number of carbonyl (C=O) groups is 3. The van der Waals surface area contributed by atoms with E-state index in [1.165, 1.54) is 19.4 Å². The lowest BCUT2D eigenvalue weighted by Gasteiger charge is -2.59. The van der Waals surface area contributed by atoms with Crippen molar-refractivity contribution in [1.82, 2.24) is 4.90 Å². The highest BCUT2D eigenvalue weighted by Crippen LogP contribution is 2.64. The van der Waals surface area contributed by atoms with Crippen molar-refractivity contribution in [3.05, 3.63) is 42.0 Å². The normalized spacial score (nSPS) is 35.7. The van der Waals surface area contributed by atoms with Crippen molar-refractivity contribution in [2.24, 2.45) is 5.92 Å². The molecule has 2 saturated heterocycles. The molecular weight excluding hydrogens is 408 g/mol. The van der Waals surface area contributed by atoms with Gasteiger partial charge in [0.2, 0.25) is 5.91 Å². The maximum atomic E-state index is 12.9. The molecule has 0 N–H and O–H groups in total. The second-order valence-corrected chi connectivity index (χ2v) is 9.75. The fourth-order valence-corrected chi connectivity index (χ4v) is 7.32. The van der Waals surface area contributed by atoms with Crippen LogP contribution in [0.2, 0.25) is 0 Å². The number of anilines is 1. The summed E-state index contributed by atoms with van der Waals surface area (Å²) < 4.78 is 11.7. The SMILES string of the molecule is C=C1[C@@H]2N(C(C)=O)c3ccccc3[C@@]23CCN2C[C@@](OC(C)=O)(C(C)OC(C)=O)[C@@H]1C[C@H]23. The van der Waals surface area contributed by atoms with Gasteiger partial charge in [-0.3, -0.25) is 19.3 Å². The van der Waals surface area contributed by atoms with Crippen LogP contribution in [0.1, 0.15) is 46.1 Å². The summed E-state index contributed by atoms with van der Waals surface area (Å²) in [6.45, 7) is 12.0. The van der Waals surface area contributed by atoms with Crippen LogP contribution in [0.3, 0.4) is 0 Å². The Labute approximate surface area is 188 Å². The Bertz CT molecular complexity index is 1040. The van der Waals surface area contributed by atoms with Crippen LogP contribution in [0.25, 0.3) is 0 Å². The fraction of sp³-hybridized carbons (Fsp3) is 0.560. The molecule has 3 heterocycles. The molecule has 1 aliphatic carbocycles. The van der Waals surface area contributed by atoms with Crippen molar-refractivity contribution in [2.75, 3.05) is 18.0 Å². The molecular formula is C25H30N2O5. The van der Waals surface area contributed by atoms with E-state index in [9.17, 15) is 14.4 Å². The molecule has 1 aromatic carbocycles. The minimum absolute atomic E-state index is 0.0231. The van der Waals surface area contributed by atoms with Crippen LogP contribution < -0.4 is 4.90 Å². The molecule has 2 bridgehead atoms. The maximum absolute atomic E-state index is 12.9. The van der Waals surface area contributed by atoms with Crippen molar-refractivity contribution in [3.63, 3.8) is 0 Å². The summed E-state index contributed by atoms with van der Waals surface area (Å²) in [6.07, 6.45) is 0.996. The number of para-hydroxylation sites is 1. The van der Waals surface area contributed by atoms with Crippen LogP contribution in [0.5, 0.6) is 0 Å². The number of benzene rings is 1. The number of hydrogen-bond acceptors (Lipinski definition) is 6. The molecule has 0 radical (unpaired) electrons. The zero-order valence-corrected chi connectivity index (χ0v) is 19.1. The molecule has 3 aliphatic heterocycles. The van der Waals surface area contributed by atoms with Crippen LogP contribution >= 0.6 is 0 Å². The van der Waals surface area contributed by atoms with E-state index in [4.69, 9.17) is 9.47 Å². The molecule has 6 atom stereocenters. The van der Waals surface area contributed by atoms with Gasteiger partial charge in [0.05, 0.1) is 6.04 Å². The first kappa shape index (κ1) is 21.2. The highest BCUT2D eigenvalue weighted by Gasteiger charge is 2.71. The number of fused-ring (bicyclic) bond motifs is 2. The molecule has 5 rings (SSSR count). The predicted molar refractivity (Wildman–Crippen MR) is 118 cm³/mol. The molecule has 1 spiro atoms. The zero-order valence-electron chi connectivity index (χ0n) is 19.1. The molecule has 1 saturated carbocycles. The Morgan fingerprint density at radius 1 is 1.16 bits per heavy atom. The van der Waals surface area contributed by atoms with Gasteiger partial charge >= 0.3 is 11.9 Å². The Hall–Kier alpha value is -2.67. The minimum Gasteiger partial charge on any atom is -0.459 e. The first-order chi connectivity index (χ1) is 15.1. The number of rotatable bonds is 3. The number of amides is 1. The number of ether oxygens (including phenoxy) is 2. The van der Waals surface area contributed by atoms with Gasteiger partial charge in [0.25, 0.3) is 0 Å². The third-order valence-electron chi connectivity index (χ3n) is 8.26. The van der Waals surface area contributed by atoms with Crippen molar-refractivity contribution in [3.8, 4) is 0 Å². The van der Waals surface area contributed by atoms with Gasteiger partial charge in [-0.15, -0.1) is 0 Å². The summed E-state index contributed by atoms with van der Waals surface area (Å²) in [7, 11) is 0. The lowest BCUT2D eigenvalue weighted by Crippen LogP contribution is -2.71. The van der Waals surface area contributed by atoms with E-state index < -0.39 is 23.6 Å². The van der Waals surface area contributed by atoms with E-state index in [0.29, 0.717) is 6.54 Å². The lowest BCUT2D eigenvalue weighted by atomic mass is 9.55. The quantitative estimate of drug-likeness (QED) is 0.533. The molecule has 32 heavy (non-hydrogen) atoms. The monoisotopic (exact) mass is 438 g/mol. The van der Waals surface area contributed by atoms with Gasteiger partial charge in [-0.2, -0.15) is 0 Å². The van der Waals surface area contributed by atoms with Crippen molar-refractivity contribution in [2.45, 2.75) is 69.7 Å². The third-order valence-corrected chi connectivity index (χ3v) is 8.26. The van der Waals surface area contributed by atoms with Gasteiger partial charge in [0.15, 0.2) is 5.60 Å². The van der Waals surface area contributed by atoms with E-state index in [0.717, 1.165) is 30.6 Å². The molecule has 1 unspecified atom stereocenters. The molecule has 7 nitrogen and oxygen atoms in total. The Morgan fingerprint density at radius 3 is 2.53 bits per heavy atom. The van der Waals surface area contributed by atoms with E-state index in [2.05, 4.69) is 17.5 Å². The number of nitrogens with zero attached hydrogens (tertiary/aromatic N) is 2. The summed E-state index contributed by atoms with van der Waals surface area (Å²) in [4.78, 5) is 41.3. The highest BCUT2D eigenvalue weighted by molar-refractivity contribution is 5.97.